The number of rotatable bonds is 5. The Hall–Kier alpha value is -2.50. The van der Waals surface area contributed by atoms with E-state index in [0.717, 1.165) is 5.56 Å². The highest BCUT2D eigenvalue weighted by Gasteiger charge is 2.17. The average Bonchev–Trinajstić information content (AvgIpc) is 3.12. The number of oxazole rings is 1. The number of nitrogens with zero attached hydrogens (tertiary/aromatic N) is 1. The second-order valence-corrected chi connectivity index (χ2v) is 6.11. The van der Waals surface area contributed by atoms with Crippen LogP contribution in [0, 0.1) is 0 Å². The van der Waals surface area contributed by atoms with E-state index >= 15 is 0 Å². The molecule has 1 heterocycles. The predicted octanol–water partition coefficient (Wildman–Crippen LogP) is 5.05. The fourth-order valence-electron chi connectivity index (χ4n) is 2.17. The van der Waals surface area contributed by atoms with Crippen LogP contribution in [0.2, 0.25) is 10.0 Å². The van der Waals surface area contributed by atoms with Gasteiger partial charge in [-0.15, -0.1) is 0 Å². The number of ether oxygens (including phenoxy) is 1. The van der Waals surface area contributed by atoms with Gasteiger partial charge < -0.3 is 14.5 Å². The van der Waals surface area contributed by atoms with Crippen molar-refractivity contribution in [3.8, 4) is 17.1 Å². The standard InChI is InChI=1S/C18H14Cl2N2O3/c1-11(25-16-6-5-13(19)8-15(16)20)18(23)22-14-4-2-3-12(7-14)17-9-21-10-24-17/h2-11H,1H3,(H,22,23). The summed E-state index contributed by atoms with van der Waals surface area (Å²) in [4.78, 5) is 16.2. The molecule has 1 atom stereocenters. The van der Waals surface area contributed by atoms with Crippen molar-refractivity contribution in [2.75, 3.05) is 5.32 Å². The van der Waals surface area contributed by atoms with E-state index in [9.17, 15) is 4.79 Å². The molecule has 0 saturated heterocycles. The zero-order valence-corrected chi connectivity index (χ0v) is 14.7. The lowest BCUT2D eigenvalue weighted by atomic mass is 10.1. The van der Waals surface area contributed by atoms with E-state index in [1.807, 2.05) is 12.1 Å². The monoisotopic (exact) mass is 376 g/mol. The van der Waals surface area contributed by atoms with Gasteiger partial charge in [0.15, 0.2) is 18.3 Å². The van der Waals surface area contributed by atoms with Crippen molar-refractivity contribution in [3.05, 3.63) is 65.1 Å². The number of amides is 1. The molecule has 7 heteroatoms. The Morgan fingerprint density at radius 1 is 1.24 bits per heavy atom. The molecule has 0 radical (unpaired) electrons. The lowest BCUT2D eigenvalue weighted by molar-refractivity contribution is -0.122. The van der Waals surface area contributed by atoms with Crippen LogP contribution in [0.1, 0.15) is 6.92 Å². The summed E-state index contributed by atoms with van der Waals surface area (Å²) in [5.41, 5.74) is 1.43. The van der Waals surface area contributed by atoms with Crippen LogP contribution in [0.3, 0.4) is 0 Å². The number of hydrogen-bond acceptors (Lipinski definition) is 4. The van der Waals surface area contributed by atoms with E-state index in [2.05, 4.69) is 10.3 Å². The molecule has 0 aliphatic heterocycles. The van der Waals surface area contributed by atoms with Gasteiger partial charge in [-0.1, -0.05) is 35.3 Å². The van der Waals surface area contributed by atoms with Gasteiger partial charge in [-0.05, 0) is 37.3 Å². The maximum Gasteiger partial charge on any atom is 0.265 e. The molecule has 3 rings (SSSR count). The molecule has 2 aromatic carbocycles. The van der Waals surface area contributed by atoms with Crippen LogP contribution in [-0.2, 0) is 4.79 Å². The molecule has 0 aliphatic rings. The first-order valence-corrected chi connectivity index (χ1v) is 8.20. The number of benzene rings is 2. The lowest BCUT2D eigenvalue weighted by Gasteiger charge is -2.16. The summed E-state index contributed by atoms with van der Waals surface area (Å²) < 4.78 is 10.9. The molecule has 0 spiro atoms. The first kappa shape index (κ1) is 17.3. The summed E-state index contributed by atoms with van der Waals surface area (Å²) in [5.74, 6) is 0.707. The number of nitrogens with one attached hydrogen (secondary N) is 1. The van der Waals surface area contributed by atoms with Crippen LogP contribution in [0.4, 0.5) is 5.69 Å². The fourth-order valence-corrected chi connectivity index (χ4v) is 2.62. The summed E-state index contributed by atoms with van der Waals surface area (Å²) in [6, 6.07) is 12.1. The van der Waals surface area contributed by atoms with E-state index in [1.54, 1.807) is 43.5 Å². The molecule has 1 aromatic heterocycles. The molecule has 1 N–H and O–H groups in total. The molecular weight excluding hydrogens is 363 g/mol. The molecule has 0 aliphatic carbocycles. The molecule has 1 unspecified atom stereocenters. The van der Waals surface area contributed by atoms with Crippen molar-refractivity contribution >= 4 is 34.8 Å². The second kappa shape index (κ2) is 7.59. The van der Waals surface area contributed by atoms with E-state index < -0.39 is 6.10 Å². The predicted molar refractivity (Wildman–Crippen MR) is 97.1 cm³/mol. The zero-order chi connectivity index (χ0) is 17.8. The van der Waals surface area contributed by atoms with Crippen LogP contribution in [0.5, 0.6) is 5.75 Å². The van der Waals surface area contributed by atoms with Gasteiger partial charge in [0.25, 0.3) is 5.91 Å². The SMILES string of the molecule is CC(Oc1ccc(Cl)cc1Cl)C(=O)Nc1cccc(-c2cnco2)c1. The Morgan fingerprint density at radius 2 is 2.08 bits per heavy atom. The van der Waals surface area contributed by atoms with E-state index in [4.69, 9.17) is 32.4 Å². The maximum absolute atomic E-state index is 12.4. The third kappa shape index (κ3) is 4.32. The molecule has 25 heavy (non-hydrogen) atoms. The van der Waals surface area contributed by atoms with E-state index in [-0.39, 0.29) is 5.91 Å². The summed E-state index contributed by atoms with van der Waals surface area (Å²) in [6.07, 6.45) is 2.22. The third-order valence-electron chi connectivity index (χ3n) is 3.41. The van der Waals surface area contributed by atoms with Gasteiger partial charge in [0, 0.05) is 16.3 Å². The van der Waals surface area contributed by atoms with Gasteiger partial charge in [-0.2, -0.15) is 0 Å². The highest BCUT2D eigenvalue weighted by atomic mass is 35.5. The van der Waals surface area contributed by atoms with Crippen LogP contribution in [0.25, 0.3) is 11.3 Å². The minimum Gasteiger partial charge on any atom is -0.479 e. The minimum atomic E-state index is -0.743. The van der Waals surface area contributed by atoms with Crippen LogP contribution >= 0.6 is 23.2 Å². The van der Waals surface area contributed by atoms with Gasteiger partial charge in [-0.25, -0.2) is 4.98 Å². The maximum atomic E-state index is 12.4. The van der Waals surface area contributed by atoms with Gasteiger partial charge >= 0.3 is 0 Å². The Morgan fingerprint density at radius 3 is 2.80 bits per heavy atom. The van der Waals surface area contributed by atoms with Crippen molar-refractivity contribution in [2.45, 2.75) is 13.0 Å². The highest BCUT2D eigenvalue weighted by molar-refractivity contribution is 6.35. The van der Waals surface area contributed by atoms with Gasteiger partial charge in [-0.3, -0.25) is 4.79 Å². The lowest BCUT2D eigenvalue weighted by Crippen LogP contribution is -2.30. The van der Waals surface area contributed by atoms with Crippen LogP contribution in [0.15, 0.2) is 59.5 Å². The molecule has 0 fully saturated rings. The van der Waals surface area contributed by atoms with E-state index in [0.29, 0.717) is 27.2 Å². The van der Waals surface area contributed by atoms with Crippen molar-refractivity contribution < 1.29 is 13.9 Å². The summed E-state index contributed by atoms with van der Waals surface area (Å²) in [6.45, 7) is 1.64. The molecule has 0 bridgehead atoms. The number of anilines is 1. The Labute approximate surface area is 154 Å². The Bertz CT molecular complexity index is 882. The second-order valence-electron chi connectivity index (χ2n) is 5.27. The smallest absolute Gasteiger partial charge is 0.265 e. The molecular formula is C18H14Cl2N2O3. The molecule has 3 aromatic rings. The Balaban J connectivity index is 1.68. The molecule has 0 saturated carbocycles. The third-order valence-corrected chi connectivity index (χ3v) is 3.94. The summed E-state index contributed by atoms with van der Waals surface area (Å²) in [7, 11) is 0. The van der Waals surface area contributed by atoms with Gasteiger partial charge in [0.2, 0.25) is 0 Å². The molecule has 5 nitrogen and oxygen atoms in total. The molecule has 128 valence electrons. The first-order chi connectivity index (χ1) is 12.0. The number of carbonyl (C=O) groups excluding carboxylic acids is 1. The first-order valence-electron chi connectivity index (χ1n) is 7.44. The fraction of sp³-hybridized carbons (Fsp3) is 0.111. The average molecular weight is 377 g/mol. The quantitative estimate of drug-likeness (QED) is 0.676. The highest BCUT2D eigenvalue weighted by Crippen LogP contribution is 2.28. The van der Waals surface area contributed by atoms with Crippen LogP contribution < -0.4 is 10.1 Å². The molecule has 1 amide bonds. The topological polar surface area (TPSA) is 64.4 Å². The summed E-state index contributed by atoms with van der Waals surface area (Å²) >= 11 is 11.9. The normalized spacial score (nSPS) is 11.8. The summed E-state index contributed by atoms with van der Waals surface area (Å²) in [5, 5.41) is 3.65. The van der Waals surface area contributed by atoms with Crippen molar-refractivity contribution in [1.82, 2.24) is 4.98 Å². The minimum absolute atomic E-state index is 0.305. The van der Waals surface area contributed by atoms with Gasteiger partial charge in [0.05, 0.1) is 11.2 Å². The van der Waals surface area contributed by atoms with E-state index in [1.165, 1.54) is 6.39 Å². The van der Waals surface area contributed by atoms with Crippen LogP contribution in [-0.4, -0.2) is 17.0 Å². The number of halogens is 2. The Kier molecular flexibility index (Phi) is 5.26. The van der Waals surface area contributed by atoms with Gasteiger partial charge in [0.1, 0.15) is 5.75 Å². The van der Waals surface area contributed by atoms with Crippen molar-refractivity contribution in [2.24, 2.45) is 0 Å². The number of hydrogen-bond donors (Lipinski definition) is 1. The van der Waals surface area contributed by atoms with Crippen molar-refractivity contribution in [3.63, 3.8) is 0 Å². The largest absolute Gasteiger partial charge is 0.479 e. The number of aromatic nitrogens is 1. The number of carbonyl (C=O) groups is 1. The van der Waals surface area contributed by atoms with Crippen molar-refractivity contribution in [1.29, 1.82) is 0 Å². The zero-order valence-electron chi connectivity index (χ0n) is 13.2.